The lowest BCUT2D eigenvalue weighted by atomic mass is 10.0. The van der Waals surface area contributed by atoms with Crippen molar-refractivity contribution >= 4 is 6.29 Å². The zero-order valence-electron chi connectivity index (χ0n) is 7.65. The Balaban J connectivity index is 2.01. The molecule has 0 radical (unpaired) electrons. The quantitative estimate of drug-likeness (QED) is 0.616. The van der Waals surface area contributed by atoms with E-state index in [9.17, 15) is 4.79 Å². The average molecular weight is 188 g/mol. The zero-order chi connectivity index (χ0) is 9.52. The van der Waals surface area contributed by atoms with Crippen molar-refractivity contribution in [3.8, 4) is 0 Å². The number of aliphatic hydroxyl groups is 1. The smallest absolute Gasteiger partial charge is 0.150 e. The van der Waals surface area contributed by atoms with Crippen LogP contribution in [0.4, 0.5) is 0 Å². The monoisotopic (exact) mass is 188 g/mol. The maximum absolute atomic E-state index is 10.0. The molecule has 76 valence electrons. The second-order valence-electron chi connectivity index (χ2n) is 3.30. The fourth-order valence-corrected chi connectivity index (χ4v) is 1.31. The van der Waals surface area contributed by atoms with E-state index in [0.717, 1.165) is 26.1 Å². The lowest BCUT2D eigenvalue weighted by molar-refractivity contribution is -0.118. The van der Waals surface area contributed by atoms with E-state index in [0.29, 0.717) is 18.8 Å². The molecule has 1 heterocycles. The van der Waals surface area contributed by atoms with Crippen molar-refractivity contribution in [2.45, 2.75) is 18.9 Å². The summed E-state index contributed by atoms with van der Waals surface area (Å²) in [4.78, 5) is 10.0. The third kappa shape index (κ3) is 4.36. The first-order valence-electron chi connectivity index (χ1n) is 4.61. The molecular weight excluding hydrogens is 172 g/mol. The van der Waals surface area contributed by atoms with Gasteiger partial charge < -0.3 is 19.4 Å². The van der Waals surface area contributed by atoms with Gasteiger partial charge in [-0.15, -0.1) is 0 Å². The maximum Gasteiger partial charge on any atom is 0.150 e. The Morgan fingerprint density at radius 2 is 2.23 bits per heavy atom. The maximum atomic E-state index is 10.0. The molecule has 0 aromatic heterocycles. The second kappa shape index (κ2) is 6.07. The van der Waals surface area contributed by atoms with Crippen molar-refractivity contribution in [3.05, 3.63) is 0 Å². The largest absolute Gasteiger partial charge is 0.383 e. The van der Waals surface area contributed by atoms with Crippen LogP contribution in [0.15, 0.2) is 0 Å². The minimum Gasteiger partial charge on any atom is -0.383 e. The summed E-state index contributed by atoms with van der Waals surface area (Å²) < 4.78 is 10.4. The van der Waals surface area contributed by atoms with Gasteiger partial charge in [0.15, 0.2) is 6.29 Å². The van der Waals surface area contributed by atoms with Gasteiger partial charge in [0.1, 0.15) is 6.10 Å². The van der Waals surface area contributed by atoms with Crippen LogP contribution in [-0.2, 0) is 14.3 Å². The molecule has 0 aromatic rings. The molecule has 1 fully saturated rings. The van der Waals surface area contributed by atoms with E-state index >= 15 is 0 Å². The highest BCUT2D eigenvalue weighted by atomic mass is 16.5. The molecule has 4 heteroatoms. The molecule has 4 nitrogen and oxygen atoms in total. The summed E-state index contributed by atoms with van der Waals surface area (Å²) in [5.74, 6) is 0.521. The Kier molecular flexibility index (Phi) is 4.97. The van der Waals surface area contributed by atoms with Crippen LogP contribution in [0.3, 0.4) is 0 Å². The molecule has 13 heavy (non-hydrogen) atoms. The Morgan fingerprint density at radius 1 is 1.54 bits per heavy atom. The Bertz CT molecular complexity index is 143. The fraction of sp³-hybridized carbons (Fsp3) is 0.889. The number of aliphatic hydroxyl groups excluding tert-OH is 1. The van der Waals surface area contributed by atoms with Crippen LogP contribution in [0.5, 0.6) is 0 Å². The molecule has 0 saturated carbocycles. The van der Waals surface area contributed by atoms with Crippen molar-refractivity contribution in [3.63, 3.8) is 0 Å². The van der Waals surface area contributed by atoms with Gasteiger partial charge in [0, 0.05) is 19.8 Å². The van der Waals surface area contributed by atoms with Crippen LogP contribution >= 0.6 is 0 Å². The van der Waals surface area contributed by atoms with Crippen LogP contribution in [0.1, 0.15) is 12.8 Å². The summed E-state index contributed by atoms with van der Waals surface area (Å²) >= 11 is 0. The van der Waals surface area contributed by atoms with Crippen molar-refractivity contribution in [2.75, 3.05) is 26.4 Å². The molecular formula is C9H16O4. The van der Waals surface area contributed by atoms with Gasteiger partial charge in [0.25, 0.3) is 0 Å². The van der Waals surface area contributed by atoms with Crippen molar-refractivity contribution in [2.24, 2.45) is 5.92 Å². The lowest BCUT2D eigenvalue weighted by Crippen LogP contribution is -2.23. The highest BCUT2D eigenvalue weighted by Gasteiger charge is 2.14. The van der Waals surface area contributed by atoms with Crippen LogP contribution in [-0.4, -0.2) is 43.9 Å². The minimum absolute atomic E-state index is 0.112. The molecule has 1 rings (SSSR count). The normalized spacial score (nSPS) is 21.3. The Morgan fingerprint density at radius 3 is 2.85 bits per heavy atom. The molecule has 0 aromatic carbocycles. The van der Waals surface area contributed by atoms with Gasteiger partial charge in [-0.05, 0) is 18.8 Å². The van der Waals surface area contributed by atoms with Gasteiger partial charge in [0.05, 0.1) is 6.61 Å². The van der Waals surface area contributed by atoms with E-state index in [2.05, 4.69) is 0 Å². The van der Waals surface area contributed by atoms with Crippen LogP contribution in [0.2, 0.25) is 0 Å². The van der Waals surface area contributed by atoms with Gasteiger partial charge in [-0.2, -0.15) is 0 Å². The Hall–Kier alpha value is -0.450. The Labute approximate surface area is 77.8 Å². The molecule has 0 spiro atoms. The van der Waals surface area contributed by atoms with Crippen molar-refractivity contribution < 1.29 is 19.4 Å². The van der Waals surface area contributed by atoms with Gasteiger partial charge in [-0.3, -0.25) is 0 Å². The second-order valence-corrected chi connectivity index (χ2v) is 3.30. The van der Waals surface area contributed by atoms with Crippen molar-refractivity contribution in [1.29, 1.82) is 0 Å². The number of aldehydes is 1. The van der Waals surface area contributed by atoms with Crippen LogP contribution < -0.4 is 0 Å². The summed E-state index contributed by atoms with van der Waals surface area (Å²) in [5, 5.41) is 8.87. The fourth-order valence-electron chi connectivity index (χ4n) is 1.31. The molecule has 0 aliphatic carbocycles. The van der Waals surface area contributed by atoms with Crippen LogP contribution in [0, 0.1) is 5.92 Å². The third-order valence-electron chi connectivity index (χ3n) is 2.14. The van der Waals surface area contributed by atoms with Crippen LogP contribution in [0.25, 0.3) is 0 Å². The van der Waals surface area contributed by atoms with Crippen molar-refractivity contribution in [1.82, 2.24) is 0 Å². The van der Waals surface area contributed by atoms with E-state index in [1.165, 1.54) is 0 Å². The first-order valence-corrected chi connectivity index (χ1v) is 4.61. The van der Waals surface area contributed by atoms with E-state index in [-0.39, 0.29) is 6.61 Å². The summed E-state index contributed by atoms with van der Waals surface area (Å²) in [7, 11) is 0. The SMILES string of the molecule is O=CC(O)COCC1CCOCC1. The first-order chi connectivity index (χ1) is 6.33. The molecule has 0 bridgehead atoms. The molecule has 0 amide bonds. The van der Waals surface area contributed by atoms with Gasteiger partial charge >= 0.3 is 0 Å². The molecule has 1 atom stereocenters. The first kappa shape index (κ1) is 10.6. The molecule has 1 N–H and O–H groups in total. The van der Waals surface area contributed by atoms with E-state index in [4.69, 9.17) is 14.6 Å². The number of carbonyl (C=O) groups is 1. The lowest BCUT2D eigenvalue weighted by Gasteiger charge is -2.21. The number of rotatable bonds is 5. The van der Waals surface area contributed by atoms with E-state index in [1.807, 2.05) is 0 Å². The van der Waals surface area contributed by atoms with Gasteiger partial charge in [0.2, 0.25) is 0 Å². The third-order valence-corrected chi connectivity index (χ3v) is 2.14. The summed E-state index contributed by atoms with van der Waals surface area (Å²) in [6.07, 6.45) is 1.54. The standard InChI is InChI=1S/C9H16O4/c10-5-9(11)7-13-6-8-1-3-12-4-2-8/h5,8-9,11H,1-4,6-7H2. The highest BCUT2D eigenvalue weighted by Crippen LogP contribution is 2.14. The minimum atomic E-state index is -0.972. The van der Waals surface area contributed by atoms with E-state index < -0.39 is 6.10 Å². The predicted molar refractivity (Wildman–Crippen MR) is 46.4 cm³/mol. The molecule has 1 saturated heterocycles. The zero-order valence-corrected chi connectivity index (χ0v) is 7.65. The van der Waals surface area contributed by atoms with E-state index in [1.54, 1.807) is 0 Å². The topological polar surface area (TPSA) is 55.8 Å². The number of hydrogen-bond acceptors (Lipinski definition) is 4. The summed E-state index contributed by atoms with van der Waals surface area (Å²) in [6.45, 7) is 2.32. The molecule has 1 aliphatic rings. The number of hydrogen-bond donors (Lipinski definition) is 1. The highest BCUT2D eigenvalue weighted by molar-refractivity contribution is 5.55. The predicted octanol–water partition coefficient (Wildman–Crippen LogP) is -0.0106. The molecule has 1 unspecified atom stereocenters. The number of ether oxygens (including phenoxy) is 2. The van der Waals surface area contributed by atoms with Gasteiger partial charge in [-0.1, -0.05) is 0 Å². The summed E-state index contributed by atoms with van der Waals surface area (Å²) in [5.41, 5.74) is 0. The molecule has 1 aliphatic heterocycles. The average Bonchev–Trinajstić information content (AvgIpc) is 2.19. The van der Waals surface area contributed by atoms with Gasteiger partial charge in [-0.25, -0.2) is 0 Å². The summed E-state index contributed by atoms with van der Waals surface area (Å²) in [6, 6.07) is 0. The number of carbonyl (C=O) groups excluding carboxylic acids is 1.